The summed E-state index contributed by atoms with van der Waals surface area (Å²) >= 11 is 0. The summed E-state index contributed by atoms with van der Waals surface area (Å²) in [5.74, 6) is -0.376. The molecule has 8 heteroatoms. The third kappa shape index (κ3) is 3.65. The number of likely N-dealkylation sites (tertiary alicyclic amines) is 1. The van der Waals surface area contributed by atoms with Gasteiger partial charge in [-0.1, -0.05) is 0 Å². The predicted molar refractivity (Wildman–Crippen MR) is 85.5 cm³/mol. The van der Waals surface area contributed by atoms with Gasteiger partial charge in [-0.3, -0.25) is 19.4 Å². The first kappa shape index (κ1) is 15.9. The molecule has 0 aliphatic carbocycles. The summed E-state index contributed by atoms with van der Waals surface area (Å²) < 4.78 is 0. The van der Waals surface area contributed by atoms with E-state index in [-0.39, 0.29) is 29.1 Å². The van der Waals surface area contributed by atoms with E-state index in [1.807, 2.05) is 0 Å². The smallest absolute Gasteiger partial charge is 0.271 e. The van der Waals surface area contributed by atoms with E-state index in [2.05, 4.69) is 20.5 Å². The molecule has 8 nitrogen and oxygen atoms in total. The highest BCUT2D eigenvalue weighted by Crippen LogP contribution is 2.14. The Bertz CT molecular complexity index is 761. The van der Waals surface area contributed by atoms with E-state index < -0.39 is 0 Å². The van der Waals surface area contributed by atoms with Crippen molar-refractivity contribution >= 4 is 11.8 Å². The van der Waals surface area contributed by atoms with Crippen LogP contribution >= 0.6 is 0 Å². The Morgan fingerprint density at radius 3 is 2.62 bits per heavy atom. The van der Waals surface area contributed by atoms with Gasteiger partial charge < -0.3 is 10.2 Å². The van der Waals surface area contributed by atoms with Crippen molar-refractivity contribution in [3.8, 4) is 0 Å². The minimum absolute atomic E-state index is 0.0239. The van der Waals surface area contributed by atoms with Crippen LogP contribution in [0.2, 0.25) is 0 Å². The van der Waals surface area contributed by atoms with Crippen LogP contribution in [0.5, 0.6) is 0 Å². The number of nitrogens with one attached hydrogen (secondary N) is 2. The van der Waals surface area contributed by atoms with Gasteiger partial charge in [-0.25, -0.2) is 5.10 Å². The fourth-order valence-corrected chi connectivity index (χ4v) is 2.63. The van der Waals surface area contributed by atoms with Crippen molar-refractivity contribution in [2.45, 2.75) is 18.9 Å². The quantitative estimate of drug-likeness (QED) is 0.837. The van der Waals surface area contributed by atoms with Gasteiger partial charge in [-0.2, -0.15) is 5.10 Å². The molecule has 3 heterocycles. The molecule has 124 valence electrons. The van der Waals surface area contributed by atoms with Crippen molar-refractivity contribution in [3.63, 3.8) is 0 Å². The highest BCUT2D eigenvalue weighted by Gasteiger charge is 2.25. The average Bonchev–Trinajstić information content (AvgIpc) is 2.63. The molecule has 0 unspecified atom stereocenters. The summed E-state index contributed by atoms with van der Waals surface area (Å²) in [6, 6.07) is 6.10. The molecule has 1 aliphatic heterocycles. The van der Waals surface area contributed by atoms with Crippen molar-refractivity contribution in [3.05, 3.63) is 58.3 Å². The number of carbonyl (C=O) groups excluding carboxylic acids is 2. The molecule has 0 saturated carbocycles. The number of hydrogen-bond acceptors (Lipinski definition) is 5. The van der Waals surface area contributed by atoms with Crippen LogP contribution in [0.1, 0.15) is 33.7 Å². The van der Waals surface area contributed by atoms with E-state index in [0.717, 1.165) is 0 Å². The maximum atomic E-state index is 12.3. The number of nitrogens with zero attached hydrogens (tertiary/aromatic N) is 3. The average molecular weight is 327 g/mol. The van der Waals surface area contributed by atoms with Crippen molar-refractivity contribution in [1.82, 2.24) is 25.4 Å². The third-order valence-electron chi connectivity index (χ3n) is 3.94. The van der Waals surface area contributed by atoms with Crippen LogP contribution in [0.3, 0.4) is 0 Å². The summed E-state index contributed by atoms with van der Waals surface area (Å²) in [7, 11) is 0. The number of carbonyl (C=O) groups is 2. The molecule has 2 N–H and O–H groups in total. The van der Waals surface area contributed by atoms with Crippen LogP contribution < -0.4 is 10.9 Å². The first-order valence-corrected chi connectivity index (χ1v) is 7.69. The Morgan fingerprint density at radius 1 is 1.21 bits per heavy atom. The van der Waals surface area contributed by atoms with Gasteiger partial charge in [0, 0.05) is 37.6 Å². The normalized spacial score (nSPS) is 15.1. The van der Waals surface area contributed by atoms with Crippen molar-refractivity contribution < 1.29 is 9.59 Å². The molecule has 1 saturated heterocycles. The number of amides is 2. The third-order valence-corrected chi connectivity index (χ3v) is 3.94. The fourth-order valence-electron chi connectivity index (χ4n) is 2.63. The molecule has 0 radical (unpaired) electrons. The first-order valence-electron chi connectivity index (χ1n) is 7.69. The van der Waals surface area contributed by atoms with E-state index in [1.165, 1.54) is 12.1 Å². The van der Waals surface area contributed by atoms with E-state index in [9.17, 15) is 14.4 Å². The van der Waals surface area contributed by atoms with Crippen molar-refractivity contribution in [2.24, 2.45) is 0 Å². The monoisotopic (exact) mass is 327 g/mol. The Kier molecular flexibility index (Phi) is 4.64. The van der Waals surface area contributed by atoms with Gasteiger partial charge in [0.25, 0.3) is 17.4 Å². The molecular weight excluding hydrogens is 310 g/mol. The molecule has 2 aromatic rings. The van der Waals surface area contributed by atoms with Crippen LogP contribution in [0.4, 0.5) is 0 Å². The second-order valence-electron chi connectivity index (χ2n) is 5.59. The minimum Gasteiger partial charge on any atom is -0.348 e. The van der Waals surface area contributed by atoms with E-state index in [1.54, 1.807) is 29.4 Å². The maximum Gasteiger partial charge on any atom is 0.271 e. The van der Waals surface area contributed by atoms with Gasteiger partial charge in [0.05, 0.1) is 5.56 Å². The molecule has 2 aromatic heterocycles. The molecule has 0 spiro atoms. The number of pyridine rings is 1. The van der Waals surface area contributed by atoms with Gasteiger partial charge in [0.15, 0.2) is 0 Å². The van der Waals surface area contributed by atoms with Gasteiger partial charge in [0.1, 0.15) is 5.69 Å². The number of aromatic amines is 1. The zero-order chi connectivity index (χ0) is 16.9. The first-order chi connectivity index (χ1) is 11.6. The Labute approximate surface area is 137 Å². The molecule has 0 aromatic carbocycles. The lowest BCUT2D eigenvalue weighted by Gasteiger charge is -2.32. The van der Waals surface area contributed by atoms with Crippen LogP contribution in [-0.2, 0) is 0 Å². The Morgan fingerprint density at radius 2 is 2.00 bits per heavy atom. The molecule has 1 aliphatic rings. The molecule has 0 atom stereocenters. The van der Waals surface area contributed by atoms with Gasteiger partial charge in [-0.15, -0.1) is 0 Å². The van der Waals surface area contributed by atoms with Gasteiger partial charge in [0.2, 0.25) is 0 Å². The standard InChI is InChI=1S/C16H17N5O3/c22-14-4-3-13(19-20-14)15(23)18-12-5-8-21(9-6-12)16(24)11-2-1-7-17-10-11/h1-4,7,10,12H,5-6,8-9H2,(H,18,23)(H,20,22). The zero-order valence-corrected chi connectivity index (χ0v) is 12.9. The van der Waals surface area contributed by atoms with Crippen LogP contribution in [0, 0.1) is 0 Å². The largest absolute Gasteiger partial charge is 0.348 e. The lowest BCUT2D eigenvalue weighted by Crippen LogP contribution is -2.46. The van der Waals surface area contributed by atoms with E-state index >= 15 is 0 Å². The summed E-state index contributed by atoms with van der Waals surface area (Å²) in [5, 5.41) is 8.82. The number of H-pyrrole nitrogens is 1. The minimum atomic E-state index is -0.353. The molecule has 24 heavy (non-hydrogen) atoms. The predicted octanol–water partition coefficient (Wildman–Crippen LogP) is 0.199. The van der Waals surface area contributed by atoms with Gasteiger partial charge in [-0.05, 0) is 31.0 Å². The lowest BCUT2D eigenvalue weighted by atomic mass is 10.0. The fraction of sp³-hybridized carbons (Fsp3) is 0.312. The SMILES string of the molecule is O=C(NC1CCN(C(=O)c2cccnc2)CC1)c1ccc(=O)[nH]n1. The molecular formula is C16H17N5O3. The number of rotatable bonds is 3. The molecule has 2 amide bonds. The summed E-state index contributed by atoms with van der Waals surface area (Å²) in [5.41, 5.74) is 0.384. The second kappa shape index (κ2) is 7.03. The maximum absolute atomic E-state index is 12.3. The zero-order valence-electron chi connectivity index (χ0n) is 12.9. The van der Waals surface area contributed by atoms with Gasteiger partial charge >= 0.3 is 0 Å². The van der Waals surface area contributed by atoms with Crippen LogP contribution in [-0.4, -0.2) is 51.0 Å². The number of piperidine rings is 1. The highest BCUT2D eigenvalue weighted by molar-refractivity contribution is 5.94. The number of hydrogen-bond donors (Lipinski definition) is 2. The van der Waals surface area contributed by atoms with Crippen molar-refractivity contribution in [1.29, 1.82) is 0 Å². The summed E-state index contributed by atoms with van der Waals surface area (Å²) in [6.07, 6.45) is 4.52. The van der Waals surface area contributed by atoms with E-state index in [0.29, 0.717) is 31.5 Å². The molecule has 0 bridgehead atoms. The number of aromatic nitrogens is 3. The summed E-state index contributed by atoms with van der Waals surface area (Å²) in [6.45, 7) is 1.13. The Hall–Kier alpha value is -3.03. The second-order valence-corrected chi connectivity index (χ2v) is 5.59. The molecule has 1 fully saturated rings. The van der Waals surface area contributed by atoms with Crippen molar-refractivity contribution in [2.75, 3.05) is 13.1 Å². The topological polar surface area (TPSA) is 108 Å². The van der Waals surface area contributed by atoms with E-state index in [4.69, 9.17) is 0 Å². The van der Waals surface area contributed by atoms with Crippen LogP contribution in [0.15, 0.2) is 41.5 Å². The Balaban J connectivity index is 1.53. The van der Waals surface area contributed by atoms with Crippen LogP contribution in [0.25, 0.3) is 0 Å². The molecule has 3 rings (SSSR count). The lowest BCUT2D eigenvalue weighted by molar-refractivity contribution is 0.0697. The summed E-state index contributed by atoms with van der Waals surface area (Å²) in [4.78, 5) is 41.1. The highest BCUT2D eigenvalue weighted by atomic mass is 16.2.